The standard InChI is InChI=1S/C4H5N.Na.H/c1-2-4-5-3-1;;/h1-5H;;. The molecule has 6 heavy (non-hydrogen) atoms. The molecule has 0 aromatic carbocycles. The van der Waals surface area contributed by atoms with Crippen LogP contribution in [0.1, 0.15) is 0 Å². The van der Waals surface area contributed by atoms with E-state index in [4.69, 9.17) is 0 Å². The molecule has 0 aliphatic heterocycles. The fourth-order valence-corrected chi connectivity index (χ4v) is 0.278. The summed E-state index contributed by atoms with van der Waals surface area (Å²) >= 11 is 0. The minimum atomic E-state index is 0. The molecule has 1 heterocycles. The molecule has 0 unspecified atom stereocenters. The van der Waals surface area contributed by atoms with Crippen molar-refractivity contribution in [1.29, 1.82) is 0 Å². The van der Waals surface area contributed by atoms with Crippen molar-refractivity contribution in [2.75, 3.05) is 0 Å². The topological polar surface area (TPSA) is 15.8 Å². The normalized spacial score (nSPS) is 6.67. The van der Waals surface area contributed by atoms with Crippen LogP contribution >= 0.6 is 0 Å². The summed E-state index contributed by atoms with van der Waals surface area (Å²) in [5, 5.41) is 0. The predicted molar refractivity (Wildman–Crippen MR) is 27.9 cm³/mol. The smallest absolute Gasteiger partial charge is 0.000496 e. The summed E-state index contributed by atoms with van der Waals surface area (Å²) in [6.07, 6.45) is 3.75. The molecule has 28 valence electrons. The van der Waals surface area contributed by atoms with Crippen molar-refractivity contribution in [3.63, 3.8) is 0 Å². The molecule has 1 aromatic rings. The maximum Gasteiger partial charge on any atom is 0.000496 e. The first-order valence-electron chi connectivity index (χ1n) is 1.58. The predicted octanol–water partition coefficient (Wildman–Crippen LogP) is 0.366. The Labute approximate surface area is 59.1 Å². The third-order valence-corrected chi connectivity index (χ3v) is 0.496. The van der Waals surface area contributed by atoms with Crippen LogP contribution < -0.4 is 0 Å². The minimum Gasteiger partial charge on any atom is -0.368 e. The Kier molecular flexibility index (Phi) is 3.63. The van der Waals surface area contributed by atoms with Gasteiger partial charge in [-0.15, -0.1) is 0 Å². The number of hydrogen-bond donors (Lipinski definition) is 1. The van der Waals surface area contributed by atoms with Crippen LogP contribution in [0, 0.1) is 0 Å². The Morgan fingerprint density at radius 2 is 1.50 bits per heavy atom. The molecule has 0 radical (unpaired) electrons. The molecule has 2 heteroatoms. The van der Waals surface area contributed by atoms with Crippen LogP contribution in [0.3, 0.4) is 0 Å². The van der Waals surface area contributed by atoms with Gasteiger partial charge < -0.3 is 4.98 Å². The first-order chi connectivity index (χ1) is 2.50. The van der Waals surface area contributed by atoms with Crippen molar-refractivity contribution >= 4 is 29.6 Å². The van der Waals surface area contributed by atoms with Crippen molar-refractivity contribution < 1.29 is 0 Å². The summed E-state index contributed by atoms with van der Waals surface area (Å²) in [5.41, 5.74) is 0. The molecule has 0 bridgehead atoms. The third kappa shape index (κ3) is 1.65. The van der Waals surface area contributed by atoms with Gasteiger partial charge in [0.15, 0.2) is 0 Å². The van der Waals surface area contributed by atoms with Crippen LogP contribution in [0.2, 0.25) is 0 Å². The summed E-state index contributed by atoms with van der Waals surface area (Å²) < 4.78 is 0. The summed E-state index contributed by atoms with van der Waals surface area (Å²) in [6, 6.07) is 3.89. The molecule has 0 aliphatic rings. The number of H-pyrrole nitrogens is 1. The van der Waals surface area contributed by atoms with E-state index in [-0.39, 0.29) is 29.6 Å². The zero-order valence-corrected chi connectivity index (χ0v) is 2.81. The number of rotatable bonds is 0. The van der Waals surface area contributed by atoms with E-state index in [1.165, 1.54) is 0 Å². The maximum absolute atomic E-state index is 2.86. The number of hydrogen-bond acceptors (Lipinski definition) is 0. The summed E-state index contributed by atoms with van der Waals surface area (Å²) in [6.45, 7) is 0. The molecular formula is C4H6NNa. The largest absolute Gasteiger partial charge is 0.368 e. The van der Waals surface area contributed by atoms with Crippen LogP contribution in [0.25, 0.3) is 0 Å². The Bertz CT molecular complexity index is 64.0. The van der Waals surface area contributed by atoms with E-state index < -0.39 is 0 Å². The second-order valence-electron chi connectivity index (χ2n) is 0.885. The van der Waals surface area contributed by atoms with E-state index in [9.17, 15) is 0 Å². The van der Waals surface area contributed by atoms with Crippen LogP contribution in [-0.4, -0.2) is 34.5 Å². The molecule has 1 rings (SSSR count). The van der Waals surface area contributed by atoms with Gasteiger partial charge in [0.25, 0.3) is 0 Å². The monoisotopic (exact) mass is 91.0 g/mol. The SMILES string of the molecule is [NaH].c1cc[nH]c1. The number of aromatic amines is 1. The van der Waals surface area contributed by atoms with Crippen LogP contribution in [0.4, 0.5) is 0 Å². The van der Waals surface area contributed by atoms with Gasteiger partial charge in [-0.2, -0.15) is 0 Å². The van der Waals surface area contributed by atoms with Gasteiger partial charge in [0.2, 0.25) is 0 Å². The van der Waals surface area contributed by atoms with E-state index in [1.54, 1.807) is 0 Å². The zero-order chi connectivity index (χ0) is 3.54. The van der Waals surface area contributed by atoms with Crippen LogP contribution in [-0.2, 0) is 0 Å². The molecule has 0 aliphatic carbocycles. The maximum atomic E-state index is 2.86. The first kappa shape index (κ1) is 6.28. The fraction of sp³-hybridized carbons (Fsp3) is 0. The van der Waals surface area contributed by atoms with Gasteiger partial charge in [0.1, 0.15) is 0 Å². The molecular weight excluding hydrogens is 85.0 g/mol. The molecule has 0 saturated heterocycles. The van der Waals surface area contributed by atoms with Crippen molar-refractivity contribution in [3.8, 4) is 0 Å². The summed E-state index contributed by atoms with van der Waals surface area (Å²) in [4.78, 5) is 2.86. The molecule has 1 aromatic heterocycles. The Morgan fingerprint density at radius 3 is 1.67 bits per heavy atom. The van der Waals surface area contributed by atoms with Gasteiger partial charge in [-0.25, -0.2) is 0 Å². The first-order valence-corrected chi connectivity index (χ1v) is 1.58. The Hall–Kier alpha value is 0.280. The van der Waals surface area contributed by atoms with E-state index in [1.807, 2.05) is 24.5 Å². The van der Waals surface area contributed by atoms with Crippen molar-refractivity contribution in [2.45, 2.75) is 0 Å². The Balaban J connectivity index is 0.000000250. The number of aromatic nitrogens is 1. The fourth-order valence-electron chi connectivity index (χ4n) is 0.278. The minimum absolute atomic E-state index is 0. The third-order valence-electron chi connectivity index (χ3n) is 0.496. The van der Waals surface area contributed by atoms with Gasteiger partial charge in [-0.05, 0) is 12.1 Å². The summed E-state index contributed by atoms with van der Waals surface area (Å²) in [5.74, 6) is 0. The zero-order valence-electron chi connectivity index (χ0n) is 2.81. The van der Waals surface area contributed by atoms with Gasteiger partial charge >= 0.3 is 29.6 Å². The quantitative estimate of drug-likeness (QED) is 0.444. The number of nitrogens with one attached hydrogen (secondary N) is 1. The van der Waals surface area contributed by atoms with Gasteiger partial charge in [0.05, 0.1) is 0 Å². The second-order valence-corrected chi connectivity index (χ2v) is 0.885. The van der Waals surface area contributed by atoms with E-state index >= 15 is 0 Å². The molecule has 0 fully saturated rings. The molecule has 1 N–H and O–H groups in total. The average molecular weight is 91.1 g/mol. The second kappa shape index (κ2) is 3.47. The molecule has 0 amide bonds. The molecule has 1 nitrogen and oxygen atoms in total. The van der Waals surface area contributed by atoms with Crippen molar-refractivity contribution in [2.24, 2.45) is 0 Å². The summed E-state index contributed by atoms with van der Waals surface area (Å²) in [7, 11) is 0. The van der Waals surface area contributed by atoms with Crippen LogP contribution in [0.15, 0.2) is 24.5 Å². The molecule has 0 atom stereocenters. The van der Waals surface area contributed by atoms with E-state index in [0.29, 0.717) is 0 Å². The van der Waals surface area contributed by atoms with Crippen molar-refractivity contribution in [1.82, 2.24) is 4.98 Å². The van der Waals surface area contributed by atoms with Gasteiger partial charge in [-0.3, -0.25) is 0 Å². The Morgan fingerprint density at radius 1 is 1.00 bits per heavy atom. The van der Waals surface area contributed by atoms with Gasteiger partial charge in [-0.1, -0.05) is 0 Å². The van der Waals surface area contributed by atoms with E-state index in [0.717, 1.165) is 0 Å². The average Bonchev–Trinajstić information content (AvgIpc) is 1.76. The van der Waals surface area contributed by atoms with Gasteiger partial charge in [0, 0.05) is 12.4 Å². The van der Waals surface area contributed by atoms with Crippen LogP contribution in [0.5, 0.6) is 0 Å². The van der Waals surface area contributed by atoms with Crippen molar-refractivity contribution in [3.05, 3.63) is 24.5 Å². The van der Waals surface area contributed by atoms with E-state index in [2.05, 4.69) is 4.98 Å². The molecule has 0 spiro atoms. The molecule has 0 saturated carbocycles.